The van der Waals surface area contributed by atoms with Gasteiger partial charge in [-0.2, -0.15) is 5.10 Å². The van der Waals surface area contributed by atoms with E-state index in [9.17, 15) is 4.79 Å². The third-order valence-electron chi connectivity index (χ3n) is 5.49. The zero-order chi connectivity index (χ0) is 18.7. The molecular formula is C22H22BrN3O. The molecule has 1 amide bonds. The van der Waals surface area contributed by atoms with Crippen LogP contribution in [0.4, 0.5) is 0 Å². The van der Waals surface area contributed by atoms with E-state index in [1.54, 1.807) is 6.20 Å². The summed E-state index contributed by atoms with van der Waals surface area (Å²) in [5.74, 6) is 0.130. The van der Waals surface area contributed by atoms with E-state index in [-0.39, 0.29) is 11.3 Å². The highest BCUT2D eigenvalue weighted by atomic mass is 79.9. The van der Waals surface area contributed by atoms with E-state index >= 15 is 0 Å². The quantitative estimate of drug-likeness (QED) is 0.637. The summed E-state index contributed by atoms with van der Waals surface area (Å²) in [6.07, 6.45) is 6.65. The largest absolute Gasteiger partial charge is 0.351 e. The van der Waals surface area contributed by atoms with Crippen LogP contribution >= 0.6 is 15.9 Å². The Morgan fingerprint density at radius 3 is 2.44 bits per heavy atom. The number of carbonyl (C=O) groups is 1. The van der Waals surface area contributed by atoms with Crippen molar-refractivity contribution in [2.24, 2.45) is 0 Å². The number of nitrogens with one attached hydrogen (secondary N) is 1. The van der Waals surface area contributed by atoms with Gasteiger partial charge in [-0.05, 0) is 47.7 Å². The Morgan fingerprint density at radius 1 is 1.07 bits per heavy atom. The van der Waals surface area contributed by atoms with Crippen molar-refractivity contribution < 1.29 is 4.79 Å². The second kappa shape index (κ2) is 7.69. The van der Waals surface area contributed by atoms with Crippen LogP contribution in [0.2, 0.25) is 0 Å². The smallest absolute Gasteiger partial charge is 0.230 e. The molecule has 0 bridgehead atoms. The van der Waals surface area contributed by atoms with E-state index in [4.69, 9.17) is 0 Å². The summed E-state index contributed by atoms with van der Waals surface area (Å²) < 4.78 is 2.93. The first-order valence-corrected chi connectivity index (χ1v) is 10.1. The van der Waals surface area contributed by atoms with Gasteiger partial charge in [0.25, 0.3) is 0 Å². The first-order valence-electron chi connectivity index (χ1n) is 9.26. The summed E-state index contributed by atoms with van der Waals surface area (Å²) in [4.78, 5) is 13.1. The number of hydrogen-bond donors (Lipinski definition) is 1. The summed E-state index contributed by atoms with van der Waals surface area (Å²) in [6, 6.07) is 18.3. The molecule has 1 heterocycles. The second-order valence-electron chi connectivity index (χ2n) is 7.10. The number of benzene rings is 2. The highest BCUT2D eigenvalue weighted by Gasteiger charge is 2.45. The van der Waals surface area contributed by atoms with Crippen molar-refractivity contribution in [2.45, 2.75) is 37.8 Å². The Labute approximate surface area is 167 Å². The number of amides is 1. The highest BCUT2D eigenvalue weighted by molar-refractivity contribution is 9.10. The molecule has 2 aromatic carbocycles. The topological polar surface area (TPSA) is 46.9 Å². The van der Waals surface area contributed by atoms with E-state index in [0.29, 0.717) is 13.1 Å². The van der Waals surface area contributed by atoms with Crippen molar-refractivity contribution in [1.29, 1.82) is 0 Å². The standard InChI is InChI=1S/C22H22BrN3O/c23-20-9-7-19(8-10-20)22(11-3-12-22)21(27)24-15-17-5-1-2-6-18(17)16-26-14-4-13-25-26/h1-2,4-10,13-14H,3,11-12,15-16H2,(H,24,27). The van der Waals surface area contributed by atoms with Crippen LogP contribution in [0.25, 0.3) is 0 Å². The van der Waals surface area contributed by atoms with Gasteiger partial charge in [0, 0.05) is 23.4 Å². The maximum Gasteiger partial charge on any atom is 0.230 e. The average molecular weight is 424 g/mol. The van der Waals surface area contributed by atoms with Crippen LogP contribution in [0.3, 0.4) is 0 Å². The number of halogens is 1. The number of aromatic nitrogens is 2. The lowest BCUT2D eigenvalue weighted by atomic mass is 9.64. The van der Waals surface area contributed by atoms with E-state index in [1.165, 1.54) is 5.56 Å². The van der Waals surface area contributed by atoms with Gasteiger partial charge in [0.05, 0.1) is 12.0 Å². The van der Waals surface area contributed by atoms with Gasteiger partial charge in [-0.3, -0.25) is 9.48 Å². The summed E-state index contributed by atoms with van der Waals surface area (Å²) in [5, 5.41) is 7.48. The van der Waals surface area contributed by atoms with E-state index in [2.05, 4.69) is 50.6 Å². The molecule has 1 fully saturated rings. The van der Waals surface area contributed by atoms with Gasteiger partial charge >= 0.3 is 0 Å². The lowest BCUT2D eigenvalue weighted by Gasteiger charge is -2.40. The van der Waals surface area contributed by atoms with Crippen molar-refractivity contribution in [3.8, 4) is 0 Å². The lowest BCUT2D eigenvalue weighted by Crippen LogP contribution is -2.49. The molecule has 4 rings (SSSR count). The van der Waals surface area contributed by atoms with Gasteiger partial charge in [0.15, 0.2) is 0 Å². The number of hydrogen-bond acceptors (Lipinski definition) is 2. The molecule has 138 valence electrons. The molecule has 0 spiro atoms. The first-order chi connectivity index (χ1) is 13.2. The maximum atomic E-state index is 13.1. The fourth-order valence-electron chi connectivity index (χ4n) is 3.74. The molecule has 1 aromatic heterocycles. The number of nitrogens with zero attached hydrogens (tertiary/aromatic N) is 2. The minimum Gasteiger partial charge on any atom is -0.351 e. The Balaban J connectivity index is 1.48. The first kappa shape index (κ1) is 18.0. The van der Waals surface area contributed by atoms with Gasteiger partial charge in [-0.15, -0.1) is 0 Å². The molecule has 0 radical (unpaired) electrons. The minimum absolute atomic E-state index is 0.130. The molecule has 5 heteroatoms. The van der Waals surface area contributed by atoms with Gasteiger partial charge in [0.1, 0.15) is 0 Å². The van der Waals surface area contributed by atoms with Crippen molar-refractivity contribution in [3.05, 3.63) is 88.2 Å². The highest BCUT2D eigenvalue weighted by Crippen LogP contribution is 2.44. The van der Waals surface area contributed by atoms with Gasteiger partial charge in [-0.1, -0.05) is 58.7 Å². The Kier molecular flexibility index (Phi) is 5.12. The molecule has 1 aliphatic carbocycles. The zero-order valence-corrected chi connectivity index (χ0v) is 16.7. The van der Waals surface area contributed by atoms with Crippen LogP contribution in [-0.4, -0.2) is 15.7 Å². The summed E-state index contributed by atoms with van der Waals surface area (Å²) in [5.41, 5.74) is 3.04. The van der Waals surface area contributed by atoms with Crippen LogP contribution in [-0.2, 0) is 23.3 Å². The monoisotopic (exact) mass is 423 g/mol. The van der Waals surface area contributed by atoms with Gasteiger partial charge in [0.2, 0.25) is 5.91 Å². The molecule has 0 saturated heterocycles. The summed E-state index contributed by atoms with van der Waals surface area (Å²) >= 11 is 3.48. The molecule has 0 unspecified atom stereocenters. The predicted octanol–water partition coefficient (Wildman–Crippen LogP) is 4.43. The minimum atomic E-state index is -0.377. The SMILES string of the molecule is O=C(NCc1ccccc1Cn1cccn1)C1(c2ccc(Br)cc2)CCC1. The van der Waals surface area contributed by atoms with Crippen LogP contribution in [0.5, 0.6) is 0 Å². The second-order valence-corrected chi connectivity index (χ2v) is 8.01. The summed E-state index contributed by atoms with van der Waals surface area (Å²) in [6.45, 7) is 1.24. The maximum absolute atomic E-state index is 13.1. The van der Waals surface area contributed by atoms with Gasteiger partial charge in [-0.25, -0.2) is 0 Å². The molecule has 3 aromatic rings. The van der Waals surface area contributed by atoms with Gasteiger partial charge < -0.3 is 5.32 Å². The molecule has 1 saturated carbocycles. The molecule has 4 nitrogen and oxygen atoms in total. The average Bonchev–Trinajstić information content (AvgIpc) is 3.15. The van der Waals surface area contributed by atoms with Crippen molar-refractivity contribution in [3.63, 3.8) is 0 Å². The molecule has 0 atom stereocenters. The molecule has 1 N–H and O–H groups in total. The Bertz CT molecular complexity index is 915. The number of carbonyl (C=O) groups excluding carboxylic acids is 1. The van der Waals surface area contributed by atoms with Crippen LogP contribution in [0.15, 0.2) is 71.5 Å². The molecule has 0 aliphatic heterocycles. The van der Waals surface area contributed by atoms with Crippen molar-refractivity contribution in [1.82, 2.24) is 15.1 Å². The van der Waals surface area contributed by atoms with E-state index in [0.717, 1.165) is 34.9 Å². The fraction of sp³-hybridized carbons (Fsp3) is 0.273. The van der Waals surface area contributed by atoms with E-state index < -0.39 is 0 Å². The Hall–Kier alpha value is -2.40. The fourth-order valence-corrected chi connectivity index (χ4v) is 4.01. The zero-order valence-electron chi connectivity index (χ0n) is 15.1. The molecular weight excluding hydrogens is 402 g/mol. The third-order valence-corrected chi connectivity index (χ3v) is 6.02. The van der Waals surface area contributed by atoms with Crippen LogP contribution in [0, 0.1) is 0 Å². The normalized spacial score (nSPS) is 15.1. The van der Waals surface area contributed by atoms with Crippen LogP contribution < -0.4 is 5.32 Å². The van der Waals surface area contributed by atoms with E-state index in [1.807, 2.05) is 41.2 Å². The number of rotatable bonds is 6. The Morgan fingerprint density at radius 2 is 1.81 bits per heavy atom. The molecule has 1 aliphatic rings. The van der Waals surface area contributed by atoms with Crippen molar-refractivity contribution >= 4 is 21.8 Å². The lowest BCUT2D eigenvalue weighted by molar-refractivity contribution is -0.130. The predicted molar refractivity (Wildman–Crippen MR) is 109 cm³/mol. The third kappa shape index (κ3) is 3.69. The van der Waals surface area contributed by atoms with Crippen molar-refractivity contribution in [2.75, 3.05) is 0 Å². The van der Waals surface area contributed by atoms with Crippen LogP contribution in [0.1, 0.15) is 36.0 Å². The molecule has 27 heavy (non-hydrogen) atoms. The summed E-state index contributed by atoms with van der Waals surface area (Å²) in [7, 11) is 0.